The molecule has 2 aliphatic rings. The molecule has 2 aromatic heterocycles. The number of anilines is 1. The number of carbonyl (C=O) groups is 1. The molecule has 2 aliphatic heterocycles. The third-order valence-electron chi connectivity index (χ3n) is 4.87. The summed E-state index contributed by atoms with van der Waals surface area (Å²) in [6, 6.07) is 7.53. The summed E-state index contributed by atoms with van der Waals surface area (Å²) in [4.78, 5) is 23.4. The minimum Gasteiger partial charge on any atom is -0.473 e. The number of rotatable bonds is 6. The molecule has 0 aromatic carbocycles. The van der Waals surface area contributed by atoms with E-state index in [1.54, 1.807) is 18.3 Å². The normalized spacial score (nSPS) is 19.3. The van der Waals surface area contributed by atoms with Gasteiger partial charge in [0.05, 0.1) is 5.56 Å². The number of hydrogen-bond acceptors (Lipinski definition) is 6. The molecule has 1 amide bonds. The minimum absolute atomic E-state index is 0.134. The highest BCUT2D eigenvalue weighted by Gasteiger charge is 2.18. The van der Waals surface area contributed by atoms with Gasteiger partial charge in [0.25, 0.3) is 5.91 Å². The number of aromatic nitrogens is 2. The average Bonchev–Trinajstić information content (AvgIpc) is 3.41. The lowest BCUT2D eigenvalue weighted by Crippen LogP contribution is -2.24. The number of hydrogen-bond donors (Lipinski definition) is 1. The molecule has 1 atom stereocenters. The predicted molar refractivity (Wildman–Crippen MR) is 107 cm³/mol. The summed E-state index contributed by atoms with van der Waals surface area (Å²) in [6.07, 6.45) is 7.11. The minimum atomic E-state index is -0.134. The van der Waals surface area contributed by atoms with Gasteiger partial charge in [-0.3, -0.25) is 4.79 Å². The Kier molecular flexibility index (Phi) is 5.77. The summed E-state index contributed by atoms with van der Waals surface area (Å²) in [5.74, 6) is 3.59. The number of carbonyl (C=O) groups excluding carboxylic acids is 1. The van der Waals surface area contributed by atoms with E-state index in [1.807, 2.05) is 24.0 Å². The van der Waals surface area contributed by atoms with Crippen molar-refractivity contribution in [2.45, 2.75) is 31.9 Å². The van der Waals surface area contributed by atoms with Crippen molar-refractivity contribution in [1.82, 2.24) is 15.3 Å². The quantitative estimate of drug-likeness (QED) is 0.826. The molecule has 2 aromatic rings. The highest BCUT2D eigenvalue weighted by Crippen LogP contribution is 2.22. The molecule has 2 saturated heterocycles. The highest BCUT2D eigenvalue weighted by atomic mass is 32.2. The maximum absolute atomic E-state index is 12.4. The second-order valence-corrected chi connectivity index (χ2v) is 8.04. The molecule has 4 rings (SSSR count). The van der Waals surface area contributed by atoms with Gasteiger partial charge in [0.15, 0.2) is 0 Å². The van der Waals surface area contributed by atoms with Crippen LogP contribution >= 0.6 is 11.8 Å². The first-order chi connectivity index (χ1) is 13.3. The van der Waals surface area contributed by atoms with Crippen molar-refractivity contribution >= 4 is 23.5 Å². The van der Waals surface area contributed by atoms with Gasteiger partial charge >= 0.3 is 0 Å². The van der Waals surface area contributed by atoms with Gasteiger partial charge in [-0.1, -0.05) is 0 Å². The number of ether oxygens (including phenoxy) is 1. The first-order valence-corrected chi connectivity index (χ1v) is 10.6. The van der Waals surface area contributed by atoms with E-state index >= 15 is 0 Å². The summed E-state index contributed by atoms with van der Waals surface area (Å²) in [6.45, 7) is 2.59. The monoisotopic (exact) mass is 384 g/mol. The Morgan fingerprint density at radius 1 is 1.26 bits per heavy atom. The third-order valence-corrected chi connectivity index (χ3v) is 6.00. The summed E-state index contributed by atoms with van der Waals surface area (Å²) < 4.78 is 5.83. The first kappa shape index (κ1) is 18.1. The highest BCUT2D eigenvalue weighted by molar-refractivity contribution is 7.99. The molecule has 0 bridgehead atoms. The van der Waals surface area contributed by atoms with E-state index in [2.05, 4.69) is 26.3 Å². The van der Waals surface area contributed by atoms with Crippen LogP contribution in [0.2, 0.25) is 0 Å². The standard InChI is InChI=1S/C20H24N4O2S/c25-20(16-3-4-19(22-13-16)26-17-6-10-27-14-17)23-12-15-5-7-21-18(11-15)24-8-1-2-9-24/h3-5,7,11,13,17H,1-2,6,8-10,12,14H2,(H,23,25). The lowest BCUT2D eigenvalue weighted by atomic mass is 10.2. The van der Waals surface area contributed by atoms with Gasteiger partial charge in [0.2, 0.25) is 5.88 Å². The van der Waals surface area contributed by atoms with Gasteiger partial charge in [0.1, 0.15) is 11.9 Å². The molecule has 27 heavy (non-hydrogen) atoms. The lowest BCUT2D eigenvalue weighted by molar-refractivity contribution is 0.0950. The lowest BCUT2D eigenvalue weighted by Gasteiger charge is -2.17. The molecule has 0 aliphatic carbocycles. The Bertz CT molecular complexity index is 772. The van der Waals surface area contributed by atoms with Crippen molar-refractivity contribution in [3.63, 3.8) is 0 Å². The number of nitrogens with one attached hydrogen (secondary N) is 1. The van der Waals surface area contributed by atoms with Gasteiger partial charge in [-0.2, -0.15) is 11.8 Å². The second kappa shape index (κ2) is 8.61. The summed E-state index contributed by atoms with van der Waals surface area (Å²) in [5, 5.41) is 2.96. The smallest absolute Gasteiger partial charge is 0.253 e. The van der Waals surface area contributed by atoms with Gasteiger partial charge in [-0.15, -0.1) is 0 Å². The number of nitrogens with zero attached hydrogens (tertiary/aromatic N) is 3. The van der Waals surface area contributed by atoms with Crippen molar-refractivity contribution in [1.29, 1.82) is 0 Å². The summed E-state index contributed by atoms with van der Waals surface area (Å²) in [5.41, 5.74) is 1.59. The van der Waals surface area contributed by atoms with E-state index in [9.17, 15) is 4.79 Å². The topological polar surface area (TPSA) is 67.4 Å². The SMILES string of the molecule is O=C(NCc1ccnc(N2CCCC2)c1)c1ccc(OC2CCSC2)nc1. The van der Waals surface area contributed by atoms with Crippen LogP contribution in [0.15, 0.2) is 36.7 Å². The van der Waals surface area contributed by atoms with Crippen LogP contribution < -0.4 is 15.0 Å². The molecule has 1 unspecified atom stereocenters. The summed E-state index contributed by atoms with van der Waals surface area (Å²) in [7, 11) is 0. The van der Waals surface area contributed by atoms with Crippen LogP contribution in [0.4, 0.5) is 5.82 Å². The van der Waals surface area contributed by atoms with Crippen molar-refractivity contribution in [2.75, 3.05) is 29.5 Å². The van der Waals surface area contributed by atoms with Crippen LogP contribution in [0.1, 0.15) is 35.2 Å². The molecule has 142 valence electrons. The van der Waals surface area contributed by atoms with Crippen LogP contribution in [0.5, 0.6) is 5.88 Å². The van der Waals surface area contributed by atoms with Crippen molar-refractivity contribution < 1.29 is 9.53 Å². The molecular weight excluding hydrogens is 360 g/mol. The fourth-order valence-corrected chi connectivity index (χ4v) is 4.43. The molecule has 6 nitrogen and oxygen atoms in total. The number of amides is 1. The van der Waals surface area contributed by atoms with Crippen LogP contribution in [-0.2, 0) is 6.54 Å². The molecule has 0 spiro atoms. The molecule has 2 fully saturated rings. The molecule has 7 heteroatoms. The first-order valence-electron chi connectivity index (χ1n) is 9.46. The van der Waals surface area contributed by atoms with Crippen molar-refractivity contribution in [3.8, 4) is 5.88 Å². The maximum atomic E-state index is 12.4. The molecular formula is C20H24N4O2S. The van der Waals surface area contributed by atoms with Gasteiger partial charge in [-0.25, -0.2) is 9.97 Å². The Balaban J connectivity index is 1.31. The van der Waals surface area contributed by atoms with E-state index in [0.717, 1.165) is 42.4 Å². The number of thioether (sulfide) groups is 1. The molecule has 4 heterocycles. The van der Waals surface area contributed by atoms with Gasteiger partial charge in [0, 0.05) is 43.8 Å². The number of pyridine rings is 2. The van der Waals surface area contributed by atoms with Crippen LogP contribution in [0.25, 0.3) is 0 Å². The zero-order valence-corrected chi connectivity index (χ0v) is 16.1. The summed E-state index contributed by atoms with van der Waals surface area (Å²) >= 11 is 1.90. The van der Waals surface area contributed by atoms with Gasteiger partial charge in [-0.05, 0) is 48.8 Å². The fraction of sp³-hybridized carbons (Fsp3) is 0.450. The van der Waals surface area contributed by atoms with E-state index in [-0.39, 0.29) is 12.0 Å². The Morgan fingerprint density at radius 3 is 2.89 bits per heavy atom. The van der Waals surface area contributed by atoms with Gasteiger partial charge < -0.3 is 15.0 Å². The van der Waals surface area contributed by atoms with Crippen molar-refractivity contribution in [2.24, 2.45) is 0 Å². The Morgan fingerprint density at radius 2 is 2.15 bits per heavy atom. The van der Waals surface area contributed by atoms with Crippen LogP contribution in [-0.4, -0.2) is 46.6 Å². The van der Waals surface area contributed by atoms with E-state index in [0.29, 0.717) is 18.0 Å². The van der Waals surface area contributed by atoms with E-state index in [4.69, 9.17) is 4.74 Å². The predicted octanol–water partition coefficient (Wildman–Crippen LogP) is 2.89. The second-order valence-electron chi connectivity index (χ2n) is 6.89. The molecule has 0 radical (unpaired) electrons. The van der Waals surface area contributed by atoms with Crippen LogP contribution in [0.3, 0.4) is 0 Å². The van der Waals surface area contributed by atoms with Crippen LogP contribution in [0, 0.1) is 0 Å². The third kappa shape index (κ3) is 4.71. The Hall–Kier alpha value is -2.28. The van der Waals surface area contributed by atoms with E-state index < -0.39 is 0 Å². The van der Waals surface area contributed by atoms with E-state index in [1.165, 1.54) is 12.8 Å². The maximum Gasteiger partial charge on any atom is 0.253 e. The zero-order valence-electron chi connectivity index (χ0n) is 15.3. The average molecular weight is 385 g/mol. The Labute approximate surface area is 163 Å². The molecule has 0 saturated carbocycles. The largest absolute Gasteiger partial charge is 0.473 e. The zero-order chi connectivity index (χ0) is 18.5. The molecule has 1 N–H and O–H groups in total. The fourth-order valence-electron chi connectivity index (χ4n) is 3.34. The van der Waals surface area contributed by atoms with Crippen molar-refractivity contribution in [3.05, 3.63) is 47.8 Å².